The van der Waals surface area contributed by atoms with Gasteiger partial charge >= 0.3 is 6.18 Å². The first-order chi connectivity index (χ1) is 45.4. The van der Waals surface area contributed by atoms with Crippen LogP contribution in [-0.2, 0) is 74.9 Å². The number of fused-ring (bicyclic) bond motifs is 2. The molecular weight excluding hydrogens is 1290 g/mol. The number of carbonyl (C=O) groups excluding carboxylic acids is 12. The number of halogens is 4. The van der Waals surface area contributed by atoms with E-state index in [-0.39, 0.29) is 69.5 Å². The van der Waals surface area contributed by atoms with E-state index < -0.39 is 178 Å². The zero-order chi connectivity index (χ0) is 72.5. The Hall–Kier alpha value is -7.10. The molecule has 5 aliphatic rings. The van der Waals surface area contributed by atoms with Crippen molar-refractivity contribution in [2.75, 3.05) is 82.1 Å². The summed E-state index contributed by atoms with van der Waals surface area (Å²) >= 11 is 6.12. The Balaban J connectivity index is 1.43. The molecule has 1 aromatic carbocycles. The first-order valence-corrected chi connectivity index (χ1v) is 34.6. The third-order valence-corrected chi connectivity index (χ3v) is 20.9. The molecule has 1 aromatic rings. The molecule has 11 atom stereocenters. The molecule has 25 nitrogen and oxygen atoms in total. The van der Waals surface area contributed by atoms with Gasteiger partial charge in [0.1, 0.15) is 59.9 Å². The molecule has 542 valence electrons. The Morgan fingerprint density at radius 1 is 0.680 bits per heavy atom. The lowest BCUT2D eigenvalue weighted by Crippen LogP contribution is -2.66. The van der Waals surface area contributed by atoms with E-state index in [0.717, 1.165) is 28.4 Å². The van der Waals surface area contributed by atoms with Crippen LogP contribution < -0.4 is 16.0 Å². The van der Waals surface area contributed by atoms with E-state index >= 15 is 14.4 Å². The Morgan fingerprint density at radius 3 is 1.87 bits per heavy atom. The van der Waals surface area contributed by atoms with Crippen molar-refractivity contribution in [1.29, 1.82) is 0 Å². The van der Waals surface area contributed by atoms with Gasteiger partial charge in [-0.25, -0.2) is 0 Å². The van der Waals surface area contributed by atoms with E-state index in [0.29, 0.717) is 51.6 Å². The maximum atomic E-state index is 15.4. The summed E-state index contributed by atoms with van der Waals surface area (Å²) in [5, 5.41) is 8.02. The van der Waals surface area contributed by atoms with E-state index in [1.807, 2.05) is 20.8 Å². The number of aryl methyl sites for hydroxylation is 1. The summed E-state index contributed by atoms with van der Waals surface area (Å²) in [5.41, 5.74) is -2.40. The summed E-state index contributed by atoms with van der Waals surface area (Å²) < 4.78 is 47.1. The van der Waals surface area contributed by atoms with Crippen LogP contribution in [0.15, 0.2) is 18.2 Å². The summed E-state index contributed by atoms with van der Waals surface area (Å²) in [6, 6.07) is -8.38. The van der Waals surface area contributed by atoms with Crippen LogP contribution in [-0.4, -0.2) is 263 Å². The number of ether oxygens (including phenoxy) is 1. The van der Waals surface area contributed by atoms with Crippen molar-refractivity contribution in [3.8, 4) is 0 Å². The van der Waals surface area contributed by atoms with Gasteiger partial charge < -0.3 is 64.8 Å². The van der Waals surface area contributed by atoms with Gasteiger partial charge in [0.25, 0.3) is 0 Å². The second kappa shape index (κ2) is 33.6. The van der Waals surface area contributed by atoms with Crippen molar-refractivity contribution in [2.24, 2.45) is 17.8 Å². The topological polar surface area (TPSA) is 279 Å². The van der Waals surface area contributed by atoms with Gasteiger partial charge in [0.05, 0.1) is 29.7 Å². The number of rotatable bonds is 11. The number of nitrogens with one attached hydrogen (secondary N) is 3. The second-order valence-electron chi connectivity index (χ2n) is 28.1. The quantitative estimate of drug-likeness (QED) is 0.282. The first-order valence-electron chi connectivity index (χ1n) is 34.2. The molecule has 97 heavy (non-hydrogen) atoms. The van der Waals surface area contributed by atoms with Crippen molar-refractivity contribution < 1.29 is 75.4 Å². The third-order valence-electron chi connectivity index (χ3n) is 20.6. The molecule has 12 amide bonds. The van der Waals surface area contributed by atoms with Crippen LogP contribution in [0, 0.1) is 17.8 Å². The molecule has 4 heterocycles. The lowest BCUT2D eigenvalue weighted by Gasteiger charge is -2.45. The lowest BCUT2D eigenvalue weighted by molar-refractivity contribution is -0.162. The minimum absolute atomic E-state index is 0.0134. The average Bonchev–Trinajstić information content (AvgIpc) is 1.76. The van der Waals surface area contributed by atoms with Gasteiger partial charge in [-0.2, -0.15) is 13.2 Å². The zero-order valence-electron chi connectivity index (χ0n) is 59.2. The van der Waals surface area contributed by atoms with E-state index in [9.17, 15) is 56.3 Å². The number of methoxy groups -OCH3 is 1. The van der Waals surface area contributed by atoms with Gasteiger partial charge in [0.15, 0.2) is 0 Å². The van der Waals surface area contributed by atoms with Crippen molar-refractivity contribution in [1.82, 2.24) is 60.0 Å². The van der Waals surface area contributed by atoms with Crippen LogP contribution >= 0.6 is 11.6 Å². The number of benzene rings is 1. The molecule has 1 spiro atoms. The summed E-state index contributed by atoms with van der Waals surface area (Å²) in [6.45, 7) is 13.9. The summed E-state index contributed by atoms with van der Waals surface area (Å²) in [5.74, 6) is -9.48. The van der Waals surface area contributed by atoms with E-state index in [1.54, 1.807) is 25.7 Å². The fourth-order valence-electron chi connectivity index (χ4n) is 14.1. The van der Waals surface area contributed by atoms with Crippen LogP contribution in [0.4, 0.5) is 13.2 Å². The van der Waals surface area contributed by atoms with Crippen LogP contribution in [0.3, 0.4) is 0 Å². The highest BCUT2D eigenvalue weighted by Gasteiger charge is 2.52. The van der Waals surface area contributed by atoms with Gasteiger partial charge in [0, 0.05) is 75.6 Å². The first kappa shape index (κ1) is 78.9. The zero-order valence-corrected chi connectivity index (χ0v) is 60.0. The van der Waals surface area contributed by atoms with Crippen molar-refractivity contribution in [2.45, 2.75) is 224 Å². The molecule has 0 unspecified atom stereocenters. The molecule has 1 aliphatic carbocycles. The number of likely N-dealkylation sites (N-methyl/N-ethyl adjacent to an activating group) is 6. The number of nitrogens with zero attached hydrogens (tertiary/aromatic N) is 9. The lowest BCUT2D eigenvalue weighted by atomic mass is 9.91. The van der Waals surface area contributed by atoms with Gasteiger partial charge in [-0.1, -0.05) is 78.5 Å². The fraction of sp³-hybridized carbons (Fsp3) is 0.735. The maximum absolute atomic E-state index is 15.4. The molecule has 4 saturated heterocycles. The van der Waals surface area contributed by atoms with Crippen LogP contribution in [0.1, 0.15) is 156 Å². The van der Waals surface area contributed by atoms with Crippen LogP contribution in [0.2, 0.25) is 5.02 Å². The number of carbonyl (C=O) groups is 12. The Kier molecular flexibility index (Phi) is 27.4. The molecule has 29 heteroatoms. The van der Waals surface area contributed by atoms with E-state index in [2.05, 4.69) is 16.0 Å². The second-order valence-corrected chi connectivity index (χ2v) is 28.5. The highest BCUT2D eigenvalue weighted by Crippen LogP contribution is 2.37. The average molecular weight is 1390 g/mol. The summed E-state index contributed by atoms with van der Waals surface area (Å²) in [4.78, 5) is 190. The molecule has 5 fully saturated rings. The van der Waals surface area contributed by atoms with E-state index in [1.165, 1.54) is 98.7 Å². The minimum Gasteiger partial charge on any atom is -0.379 e. The number of likely N-dealkylation sites (tertiary alicyclic amines) is 1. The minimum atomic E-state index is -4.77. The van der Waals surface area contributed by atoms with Crippen molar-refractivity contribution in [3.63, 3.8) is 0 Å². The molecule has 1 saturated carbocycles. The number of alkyl halides is 3. The van der Waals surface area contributed by atoms with Crippen LogP contribution in [0.25, 0.3) is 0 Å². The third kappa shape index (κ3) is 18.2. The molecule has 6 rings (SSSR count). The highest BCUT2D eigenvalue weighted by atomic mass is 35.5. The highest BCUT2D eigenvalue weighted by molar-refractivity contribution is 6.31. The van der Waals surface area contributed by atoms with E-state index in [4.69, 9.17) is 16.3 Å². The monoisotopic (exact) mass is 1390 g/mol. The molecular formula is C68H104ClF3N12O13. The summed E-state index contributed by atoms with van der Waals surface area (Å²) in [7, 11) is 9.63. The largest absolute Gasteiger partial charge is 0.417 e. The molecule has 0 radical (unpaired) electrons. The Bertz CT molecular complexity index is 3070. The molecule has 3 N–H and O–H groups in total. The predicted octanol–water partition coefficient (Wildman–Crippen LogP) is 4.09. The number of hydrogen-bond donors (Lipinski definition) is 3. The van der Waals surface area contributed by atoms with Gasteiger partial charge in [0.2, 0.25) is 70.9 Å². The summed E-state index contributed by atoms with van der Waals surface area (Å²) in [6.07, 6.45) is -2.08. The number of piperidine rings is 1. The molecule has 0 bridgehead atoms. The van der Waals surface area contributed by atoms with Gasteiger partial charge in [-0.3, -0.25) is 57.5 Å². The van der Waals surface area contributed by atoms with Gasteiger partial charge in [-0.05, 0) is 120 Å². The molecule has 0 aromatic heterocycles. The fourth-order valence-corrected chi connectivity index (χ4v) is 14.4. The standard InChI is InChI=1S/C68H104ClF3N12O13/c1-16-41(6)54-63(93)77(10)42(7)59(89)84-34-28-49(84)61(91)80(13)56(43(8)97-15)64(94)76(9)38-52(85)73-47(27-25-44-24-26-45(46(69)36-44)68(70,71)72)60(90)83-33-22-23-48(83)58(88)75-67(29-18-19-30-67)66(96)81(14)55(40(4)5)65(95)79(12)51(62(92)82-31-20-17-21-32-82)37-53(86)78(11)50(35-39(2)3)57(87)74-54/h24,26,36,39-43,47-51,54-56H,16-23,25,27-35,37-38H2,1-15H3,(H,73,85)(H,74,87)(H,75,88)/t41-,42-,43+,47-,48-,49-,50-,51-,54-,55-,56-/m0/s1. The SMILES string of the molecule is CC[C@H](C)[C@@H]1NC(=O)[C@H](CC(C)C)N(C)C(=O)C[C@@H](C(=O)N2CCCCC2)N(C)C(=O)[C@H](C(C)C)N(C)C(=O)C2(CCCC2)NC(=O)[C@@H]2CCCN2C(=O)[C@H](CCc2ccc(C(F)(F)F)c(Cl)c2)NC(=O)CN(C)C(=O)[C@H]([C@@H](C)OC)N(C)C(=O)[C@@H]2CCN2C(=O)[C@H](C)N(C)C1=O. The Morgan fingerprint density at radius 2 is 1.31 bits per heavy atom. The number of amides is 12. The Labute approximate surface area is 573 Å². The predicted molar refractivity (Wildman–Crippen MR) is 354 cm³/mol. The normalized spacial score (nSPS) is 27.5. The van der Waals surface area contributed by atoms with Crippen LogP contribution in [0.5, 0.6) is 0 Å². The van der Waals surface area contributed by atoms with Gasteiger partial charge in [-0.15, -0.1) is 0 Å². The van der Waals surface area contributed by atoms with Crippen molar-refractivity contribution >= 4 is 82.5 Å². The van der Waals surface area contributed by atoms with Crippen molar-refractivity contribution in [3.05, 3.63) is 34.3 Å². The maximum Gasteiger partial charge on any atom is 0.417 e. The number of hydrogen-bond acceptors (Lipinski definition) is 13. The molecule has 4 aliphatic heterocycles. The smallest absolute Gasteiger partial charge is 0.379 e.